The molecule has 2 rings (SSSR count). The maximum Gasteiger partial charge on any atom is 0.222 e. The second-order valence-corrected chi connectivity index (χ2v) is 5.52. The number of benzene rings is 1. The highest BCUT2D eigenvalue weighted by atomic mass is 35.5. The van der Waals surface area contributed by atoms with Crippen LogP contribution in [0, 0.1) is 0 Å². The number of carbonyl (C=O) groups excluding carboxylic acids is 1. The van der Waals surface area contributed by atoms with Crippen LogP contribution in [-0.2, 0) is 11.3 Å². The summed E-state index contributed by atoms with van der Waals surface area (Å²) >= 11 is 0. The van der Waals surface area contributed by atoms with E-state index >= 15 is 0 Å². The number of amides is 1. The normalized spacial score (nSPS) is 14.9. The van der Waals surface area contributed by atoms with Gasteiger partial charge >= 0.3 is 0 Å². The molecule has 0 spiro atoms. The predicted molar refractivity (Wildman–Crippen MR) is 93.5 cm³/mol. The van der Waals surface area contributed by atoms with Crippen LogP contribution in [0.3, 0.4) is 0 Å². The van der Waals surface area contributed by atoms with Crippen molar-refractivity contribution in [1.82, 2.24) is 10.2 Å². The first-order chi connectivity index (χ1) is 10.8. The second kappa shape index (κ2) is 10.3. The molecule has 1 amide bonds. The number of para-hydroxylation sites is 1. The zero-order valence-electron chi connectivity index (χ0n) is 14.0. The highest BCUT2D eigenvalue weighted by molar-refractivity contribution is 5.85. The monoisotopic (exact) mass is 342 g/mol. The van der Waals surface area contributed by atoms with E-state index in [0.717, 1.165) is 56.0 Å². The fraction of sp³-hybridized carbons (Fsp3) is 0.588. The second-order valence-electron chi connectivity index (χ2n) is 5.52. The molecule has 1 aromatic carbocycles. The minimum Gasteiger partial charge on any atom is -0.493 e. The zero-order chi connectivity index (χ0) is 15.8. The standard InChI is InChI=1S/C17H26N2O3.ClH/c1-21-15-8-6-7-14(17(15)22-2)13-18-10-12-19-11-5-3-4-9-16(19)20;/h6-8,18H,3-5,9-13H2,1-2H3;1H. The van der Waals surface area contributed by atoms with E-state index in [1.54, 1.807) is 14.2 Å². The van der Waals surface area contributed by atoms with Crippen LogP contribution in [0.1, 0.15) is 31.2 Å². The van der Waals surface area contributed by atoms with E-state index in [1.807, 2.05) is 23.1 Å². The number of halogens is 1. The van der Waals surface area contributed by atoms with Gasteiger partial charge in [-0.05, 0) is 18.9 Å². The highest BCUT2D eigenvalue weighted by Gasteiger charge is 2.15. The molecule has 0 aromatic heterocycles. The Kier molecular flexibility index (Phi) is 8.81. The Morgan fingerprint density at radius 2 is 2.00 bits per heavy atom. The lowest BCUT2D eigenvalue weighted by Gasteiger charge is -2.21. The van der Waals surface area contributed by atoms with Crippen molar-refractivity contribution >= 4 is 18.3 Å². The molecule has 5 nitrogen and oxygen atoms in total. The minimum atomic E-state index is 0. The van der Waals surface area contributed by atoms with E-state index in [2.05, 4.69) is 5.32 Å². The number of methoxy groups -OCH3 is 2. The third-order valence-electron chi connectivity index (χ3n) is 4.03. The first-order valence-corrected chi connectivity index (χ1v) is 7.94. The number of rotatable bonds is 7. The Morgan fingerprint density at radius 3 is 2.74 bits per heavy atom. The first kappa shape index (κ1) is 19.6. The van der Waals surface area contributed by atoms with Crippen molar-refractivity contribution in [2.45, 2.75) is 32.2 Å². The Balaban J connectivity index is 0.00000264. The number of nitrogens with zero attached hydrogens (tertiary/aromatic N) is 1. The molecule has 1 aliphatic rings. The topological polar surface area (TPSA) is 50.8 Å². The lowest BCUT2D eigenvalue weighted by molar-refractivity contribution is -0.130. The fourth-order valence-electron chi connectivity index (χ4n) is 2.80. The summed E-state index contributed by atoms with van der Waals surface area (Å²) in [5, 5.41) is 3.39. The van der Waals surface area contributed by atoms with Gasteiger partial charge < -0.3 is 19.7 Å². The van der Waals surface area contributed by atoms with Crippen molar-refractivity contribution in [1.29, 1.82) is 0 Å². The van der Waals surface area contributed by atoms with Gasteiger partial charge in [0.15, 0.2) is 11.5 Å². The van der Waals surface area contributed by atoms with Crippen molar-refractivity contribution in [3.8, 4) is 11.5 Å². The molecule has 0 saturated carbocycles. The largest absolute Gasteiger partial charge is 0.493 e. The van der Waals surface area contributed by atoms with Crippen molar-refractivity contribution in [3.63, 3.8) is 0 Å². The average Bonchev–Trinajstić information content (AvgIpc) is 2.75. The van der Waals surface area contributed by atoms with Gasteiger partial charge in [0.25, 0.3) is 0 Å². The van der Waals surface area contributed by atoms with Crippen molar-refractivity contribution in [2.75, 3.05) is 33.9 Å². The summed E-state index contributed by atoms with van der Waals surface area (Å²) < 4.78 is 10.7. The molecule has 1 N–H and O–H groups in total. The molecule has 130 valence electrons. The summed E-state index contributed by atoms with van der Waals surface area (Å²) in [7, 11) is 3.29. The predicted octanol–water partition coefficient (Wildman–Crippen LogP) is 2.62. The van der Waals surface area contributed by atoms with Gasteiger partial charge in [0.05, 0.1) is 14.2 Å². The number of nitrogens with one attached hydrogen (secondary N) is 1. The Morgan fingerprint density at radius 1 is 1.17 bits per heavy atom. The maximum atomic E-state index is 11.9. The molecule has 1 aliphatic heterocycles. The Hall–Kier alpha value is -1.46. The molecule has 0 aliphatic carbocycles. The van der Waals surface area contributed by atoms with Gasteiger partial charge in [-0.1, -0.05) is 18.6 Å². The van der Waals surface area contributed by atoms with E-state index < -0.39 is 0 Å². The summed E-state index contributed by atoms with van der Waals surface area (Å²) in [4.78, 5) is 13.9. The zero-order valence-corrected chi connectivity index (χ0v) is 14.8. The summed E-state index contributed by atoms with van der Waals surface area (Å²) in [6.07, 6.45) is 4.01. The van der Waals surface area contributed by atoms with E-state index in [0.29, 0.717) is 18.9 Å². The summed E-state index contributed by atoms with van der Waals surface area (Å²) in [5.74, 6) is 1.80. The van der Waals surface area contributed by atoms with Crippen LogP contribution in [0.5, 0.6) is 11.5 Å². The molecule has 6 heteroatoms. The Labute approximate surface area is 144 Å². The highest BCUT2D eigenvalue weighted by Crippen LogP contribution is 2.30. The molecule has 0 bridgehead atoms. The molecule has 1 fully saturated rings. The molecule has 1 aromatic rings. The van der Waals surface area contributed by atoms with Crippen LogP contribution in [0.2, 0.25) is 0 Å². The molecule has 0 atom stereocenters. The van der Waals surface area contributed by atoms with Gasteiger partial charge in [-0.2, -0.15) is 0 Å². The van der Waals surface area contributed by atoms with Crippen LogP contribution in [0.4, 0.5) is 0 Å². The van der Waals surface area contributed by atoms with E-state index in [1.165, 1.54) is 0 Å². The van der Waals surface area contributed by atoms with Gasteiger partial charge in [-0.25, -0.2) is 0 Å². The third kappa shape index (κ3) is 5.59. The van der Waals surface area contributed by atoms with Crippen LogP contribution in [-0.4, -0.2) is 44.7 Å². The maximum absolute atomic E-state index is 11.9. The summed E-state index contributed by atoms with van der Waals surface area (Å²) in [5.41, 5.74) is 1.06. The van der Waals surface area contributed by atoms with Crippen LogP contribution in [0.25, 0.3) is 0 Å². The number of hydrogen-bond donors (Lipinski definition) is 1. The van der Waals surface area contributed by atoms with Gasteiger partial charge in [-0.15, -0.1) is 12.4 Å². The third-order valence-corrected chi connectivity index (χ3v) is 4.03. The first-order valence-electron chi connectivity index (χ1n) is 7.94. The molecule has 0 unspecified atom stereocenters. The molecule has 1 saturated heterocycles. The minimum absolute atomic E-state index is 0. The van der Waals surface area contributed by atoms with Gasteiger partial charge in [0.2, 0.25) is 5.91 Å². The summed E-state index contributed by atoms with van der Waals surface area (Å²) in [6.45, 7) is 3.14. The van der Waals surface area contributed by atoms with Gasteiger partial charge in [0, 0.05) is 38.2 Å². The number of ether oxygens (including phenoxy) is 2. The SMILES string of the molecule is COc1cccc(CNCCN2CCCCCC2=O)c1OC.Cl. The van der Waals surface area contributed by atoms with Gasteiger partial charge in [-0.3, -0.25) is 4.79 Å². The van der Waals surface area contributed by atoms with E-state index in [-0.39, 0.29) is 12.4 Å². The van der Waals surface area contributed by atoms with Crippen LogP contribution in [0.15, 0.2) is 18.2 Å². The number of likely N-dealkylation sites (tertiary alicyclic amines) is 1. The smallest absolute Gasteiger partial charge is 0.222 e. The van der Waals surface area contributed by atoms with Crippen LogP contribution < -0.4 is 14.8 Å². The lowest BCUT2D eigenvalue weighted by Crippen LogP contribution is -2.36. The van der Waals surface area contributed by atoms with Crippen LogP contribution >= 0.6 is 12.4 Å². The Bertz CT molecular complexity index is 497. The molecule has 1 heterocycles. The molecular weight excluding hydrogens is 316 g/mol. The summed E-state index contributed by atoms with van der Waals surface area (Å²) in [6, 6.07) is 5.86. The average molecular weight is 343 g/mol. The number of hydrogen-bond acceptors (Lipinski definition) is 4. The fourth-order valence-corrected chi connectivity index (χ4v) is 2.80. The quantitative estimate of drug-likeness (QED) is 0.774. The van der Waals surface area contributed by atoms with Crippen molar-refractivity contribution in [2.24, 2.45) is 0 Å². The van der Waals surface area contributed by atoms with E-state index in [9.17, 15) is 4.79 Å². The van der Waals surface area contributed by atoms with Crippen molar-refractivity contribution < 1.29 is 14.3 Å². The molecule has 0 radical (unpaired) electrons. The van der Waals surface area contributed by atoms with Gasteiger partial charge in [0.1, 0.15) is 0 Å². The molecule has 23 heavy (non-hydrogen) atoms. The number of carbonyl (C=O) groups is 1. The molecular formula is C17H27ClN2O3. The van der Waals surface area contributed by atoms with E-state index in [4.69, 9.17) is 9.47 Å². The van der Waals surface area contributed by atoms with Crippen molar-refractivity contribution in [3.05, 3.63) is 23.8 Å². The lowest BCUT2D eigenvalue weighted by atomic mass is 10.2.